The van der Waals surface area contributed by atoms with Crippen LogP contribution in [0.2, 0.25) is 0 Å². The van der Waals surface area contributed by atoms with Crippen LogP contribution >= 0.6 is 0 Å². The molecule has 0 fully saturated rings. The number of nitrogens with one attached hydrogen (secondary N) is 1. The Kier molecular flexibility index (Phi) is 5.78. The first-order chi connectivity index (χ1) is 9.72. The van der Waals surface area contributed by atoms with Crippen LogP contribution < -0.4 is 5.32 Å². The van der Waals surface area contributed by atoms with Crippen molar-refractivity contribution in [3.8, 4) is 0 Å². The van der Waals surface area contributed by atoms with Gasteiger partial charge in [-0.05, 0) is 56.3 Å². The number of rotatable bonds is 4. The fourth-order valence-electron chi connectivity index (χ4n) is 2.93. The van der Waals surface area contributed by atoms with Crippen molar-refractivity contribution in [2.75, 3.05) is 6.54 Å². The van der Waals surface area contributed by atoms with Gasteiger partial charge in [-0.3, -0.25) is 0 Å². The minimum atomic E-state index is -0.100. The third-order valence-corrected chi connectivity index (χ3v) is 4.13. The Hall–Kier alpha value is -1.15. The Morgan fingerprint density at radius 3 is 2.75 bits per heavy atom. The van der Waals surface area contributed by atoms with E-state index in [2.05, 4.69) is 24.4 Å². The molecule has 110 valence electrons. The predicted molar refractivity (Wildman–Crippen MR) is 83.3 cm³/mol. The third-order valence-electron chi connectivity index (χ3n) is 4.13. The topological polar surface area (TPSA) is 12.0 Å². The molecule has 1 aliphatic rings. The van der Waals surface area contributed by atoms with Crippen molar-refractivity contribution in [1.82, 2.24) is 5.32 Å². The highest BCUT2D eigenvalue weighted by Crippen LogP contribution is 2.29. The van der Waals surface area contributed by atoms with Crippen LogP contribution in [0.4, 0.5) is 4.39 Å². The summed E-state index contributed by atoms with van der Waals surface area (Å²) in [6.07, 6.45) is 9.86. The van der Waals surface area contributed by atoms with Gasteiger partial charge in [0.25, 0.3) is 0 Å². The highest BCUT2D eigenvalue weighted by Gasteiger charge is 2.17. The van der Waals surface area contributed by atoms with Crippen LogP contribution in [0.25, 0.3) is 0 Å². The molecule has 2 heteroatoms. The standard InChI is InChI=1S/C18H26FN/c1-3-20-18(15-9-7-5-4-6-8-10-15)16-12-11-14(2)17(19)13-16/h9,11-13,18,20H,3-8,10H2,1-2H3/b15-9+. The molecule has 0 saturated heterocycles. The van der Waals surface area contributed by atoms with Gasteiger partial charge in [0.15, 0.2) is 0 Å². The maximum absolute atomic E-state index is 13.8. The van der Waals surface area contributed by atoms with E-state index in [1.165, 1.54) is 31.3 Å². The zero-order valence-corrected chi connectivity index (χ0v) is 12.7. The normalized spacial score (nSPS) is 20.6. The van der Waals surface area contributed by atoms with E-state index in [9.17, 15) is 4.39 Å². The number of hydrogen-bond acceptors (Lipinski definition) is 1. The summed E-state index contributed by atoms with van der Waals surface area (Å²) in [7, 11) is 0. The zero-order valence-electron chi connectivity index (χ0n) is 12.7. The molecule has 1 N–H and O–H groups in total. The summed E-state index contributed by atoms with van der Waals surface area (Å²) in [6, 6.07) is 5.82. The number of allylic oxidation sites excluding steroid dienone is 1. The molecule has 0 aromatic heterocycles. The number of benzene rings is 1. The molecular weight excluding hydrogens is 249 g/mol. The van der Waals surface area contributed by atoms with Gasteiger partial charge in [-0.25, -0.2) is 4.39 Å². The number of aryl methyl sites for hydroxylation is 1. The van der Waals surface area contributed by atoms with Gasteiger partial charge in [-0.15, -0.1) is 0 Å². The molecule has 1 aliphatic carbocycles. The first kappa shape index (κ1) is 15.2. The lowest BCUT2D eigenvalue weighted by molar-refractivity contribution is 0.548. The largest absolute Gasteiger partial charge is 0.307 e. The van der Waals surface area contributed by atoms with Crippen LogP contribution in [0.1, 0.15) is 62.6 Å². The molecule has 1 unspecified atom stereocenters. The maximum Gasteiger partial charge on any atom is 0.126 e. The quantitative estimate of drug-likeness (QED) is 0.757. The Bertz CT molecular complexity index is 464. The van der Waals surface area contributed by atoms with Crippen LogP contribution in [-0.4, -0.2) is 6.54 Å². The average molecular weight is 275 g/mol. The molecule has 1 nitrogen and oxygen atoms in total. The molecule has 2 rings (SSSR count). The fraction of sp³-hybridized carbons (Fsp3) is 0.556. The predicted octanol–water partition coefficient (Wildman–Crippen LogP) is 5.07. The van der Waals surface area contributed by atoms with E-state index in [4.69, 9.17) is 0 Å². The summed E-state index contributed by atoms with van der Waals surface area (Å²) in [5.74, 6) is -0.100. The van der Waals surface area contributed by atoms with Crippen molar-refractivity contribution in [3.05, 3.63) is 46.8 Å². The zero-order chi connectivity index (χ0) is 14.4. The summed E-state index contributed by atoms with van der Waals surface area (Å²) in [6.45, 7) is 4.83. The Balaban J connectivity index is 2.26. The van der Waals surface area contributed by atoms with Crippen molar-refractivity contribution < 1.29 is 4.39 Å². The van der Waals surface area contributed by atoms with Gasteiger partial charge in [0.2, 0.25) is 0 Å². The van der Waals surface area contributed by atoms with Gasteiger partial charge >= 0.3 is 0 Å². The molecule has 0 aliphatic heterocycles. The molecule has 0 bridgehead atoms. The lowest BCUT2D eigenvalue weighted by Gasteiger charge is -2.24. The van der Waals surface area contributed by atoms with E-state index in [0.29, 0.717) is 0 Å². The molecule has 0 radical (unpaired) electrons. The minimum absolute atomic E-state index is 0.100. The molecular formula is C18H26FN. The third kappa shape index (κ3) is 3.92. The Morgan fingerprint density at radius 2 is 2.00 bits per heavy atom. The van der Waals surface area contributed by atoms with Crippen LogP contribution in [0.5, 0.6) is 0 Å². The van der Waals surface area contributed by atoms with Crippen molar-refractivity contribution in [2.45, 2.75) is 58.4 Å². The van der Waals surface area contributed by atoms with Crippen LogP contribution in [0.3, 0.4) is 0 Å². The minimum Gasteiger partial charge on any atom is -0.307 e. The monoisotopic (exact) mass is 275 g/mol. The van der Waals surface area contributed by atoms with E-state index >= 15 is 0 Å². The molecule has 0 saturated carbocycles. The highest BCUT2D eigenvalue weighted by molar-refractivity contribution is 5.32. The first-order valence-electron chi connectivity index (χ1n) is 7.90. The van der Waals surface area contributed by atoms with Gasteiger partial charge in [0, 0.05) is 0 Å². The molecule has 1 aromatic carbocycles. The fourth-order valence-corrected chi connectivity index (χ4v) is 2.93. The highest BCUT2D eigenvalue weighted by atomic mass is 19.1. The van der Waals surface area contributed by atoms with Crippen LogP contribution in [-0.2, 0) is 0 Å². The average Bonchev–Trinajstić information content (AvgIpc) is 2.40. The van der Waals surface area contributed by atoms with Crippen LogP contribution in [0.15, 0.2) is 29.8 Å². The second-order valence-corrected chi connectivity index (χ2v) is 5.73. The van der Waals surface area contributed by atoms with Gasteiger partial charge in [0.1, 0.15) is 5.82 Å². The van der Waals surface area contributed by atoms with E-state index in [0.717, 1.165) is 30.5 Å². The van der Waals surface area contributed by atoms with Crippen molar-refractivity contribution >= 4 is 0 Å². The maximum atomic E-state index is 13.8. The Labute approximate surface area is 122 Å². The molecule has 0 spiro atoms. The van der Waals surface area contributed by atoms with Crippen molar-refractivity contribution in [3.63, 3.8) is 0 Å². The van der Waals surface area contributed by atoms with Gasteiger partial charge in [-0.1, -0.05) is 43.5 Å². The van der Waals surface area contributed by atoms with Crippen molar-refractivity contribution in [2.24, 2.45) is 0 Å². The number of likely N-dealkylation sites (N-methyl/N-ethyl adjacent to an activating group) is 1. The van der Waals surface area contributed by atoms with E-state index in [1.54, 1.807) is 6.07 Å². The molecule has 0 heterocycles. The van der Waals surface area contributed by atoms with E-state index < -0.39 is 0 Å². The molecule has 20 heavy (non-hydrogen) atoms. The lowest BCUT2D eigenvalue weighted by Crippen LogP contribution is -2.23. The first-order valence-corrected chi connectivity index (χ1v) is 7.90. The van der Waals surface area contributed by atoms with Crippen molar-refractivity contribution in [1.29, 1.82) is 0 Å². The second-order valence-electron chi connectivity index (χ2n) is 5.73. The van der Waals surface area contributed by atoms with E-state index in [1.807, 2.05) is 13.0 Å². The molecule has 1 aromatic rings. The number of hydrogen-bond donors (Lipinski definition) is 1. The van der Waals surface area contributed by atoms with Crippen LogP contribution in [0, 0.1) is 12.7 Å². The Morgan fingerprint density at radius 1 is 1.20 bits per heavy atom. The summed E-state index contributed by atoms with van der Waals surface area (Å²) in [5.41, 5.74) is 3.22. The summed E-state index contributed by atoms with van der Waals surface area (Å²) in [4.78, 5) is 0. The van der Waals surface area contributed by atoms with E-state index in [-0.39, 0.29) is 11.9 Å². The van der Waals surface area contributed by atoms with Gasteiger partial charge < -0.3 is 5.32 Å². The number of halogens is 1. The smallest absolute Gasteiger partial charge is 0.126 e. The SMILES string of the molecule is CCNC(/C1=C/CCCCCC1)c1ccc(C)c(F)c1. The van der Waals surface area contributed by atoms with Gasteiger partial charge in [0.05, 0.1) is 6.04 Å². The molecule has 1 atom stereocenters. The summed E-state index contributed by atoms with van der Waals surface area (Å²) >= 11 is 0. The summed E-state index contributed by atoms with van der Waals surface area (Å²) < 4.78 is 13.8. The van der Waals surface area contributed by atoms with Gasteiger partial charge in [-0.2, -0.15) is 0 Å². The second kappa shape index (κ2) is 7.58. The lowest BCUT2D eigenvalue weighted by atomic mass is 9.90. The summed E-state index contributed by atoms with van der Waals surface area (Å²) in [5, 5.41) is 3.53. The molecule has 0 amide bonds.